The number of anilines is 1. The number of carbonyl (C=O) groups is 1. The van der Waals surface area contributed by atoms with Crippen molar-refractivity contribution >= 4 is 22.9 Å². The molecular weight excluding hydrogens is 356 g/mol. The first-order valence-corrected chi connectivity index (χ1v) is 9.46. The van der Waals surface area contributed by atoms with Gasteiger partial charge in [-0.3, -0.25) is 14.5 Å². The lowest BCUT2D eigenvalue weighted by Crippen LogP contribution is -2.14. The first-order chi connectivity index (χ1) is 13.2. The van der Waals surface area contributed by atoms with Crippen LogP contribution >= 0.6 is 11.3 Å². The van der Waals surface area contributed by atoms with E-state index in [4.69, 9.17) is 0 Å². The topological polar surface area (TPSA) is 59.8 Å². The lowest BCUT2D eigenvalue weighted by molar-refractivity contribution is 0.102. The quantitative estimate of drug-likeness (QED) is 0.555. The summed E-state index contributed by atoms with van der Waals surface area (Å²) >= 11 is 1.63. The SMILES string of the molecule is Cc1nc(-c2cccs2)ccc1C(=O)Nc1cnn(Cc2ccccc2)c1. The molecule has 0 saturated carbocycles. The third-order valence-corrected chi connectivity index (χ3v) is 5.07. The first-order valence-electron chi connectivity index (χ1n) is 8.58. The van der Waals surface area contributed by atoms with Gasteiger partial charge in [-0.1, -0.05) is 36.4 Å². The molecular formula is C21H18N4OS. The van der Waals surface area contributed by atoms with E-state index in [1.165, 1.54) is 0 Å². The molecule has 5 nitrogen and oxygen atoms in total. The molecule has 1 N–H and O–H groups in total. The van der Waals surface area contributed by atoms with Gasteiger partial charge in [0, 0.05) is 6.20 Å². The van der Waals surface area contributed by atoms with Gasteiger partial charge in [0.25, 0.3) is 5.91 Å². The average molecular weight is 374 g/mol. The molecule has 134 valence electrons. The summed E-state index contributed by atoms with van der Waals surface area (Å²) in [6, 6.07) is 17.8. The molecule has 0 saturated heterocycles. The van der Waals surface area contributed by atoms with E-state index in [0.717, 1.165) is 16.1 Å². The lowest BCUT2D eigenvalue weighted by Gasteiger charge is -2.07. The maximum atomic E-state index is 12.6. The molecule has 0 aliphatic heterocycles. The smallest absolute Gasteiger partial charge is 0.257 e. The molecule has 4 aromatic rings. The van der Waals surface area contributed by atoms with E-state index in [0.29, 0.717) is 23.5 Å². The number of aryl methyl sites for hydroxylation is 1. The Hall–Kier alpha value is -3.25. The molecule has 1 amide bonds. The van der Waals surface area contributed by atoms with Crippen molar-refractivity contribution in [3.05, 3.63) is 89.2 Å². The number of nitrogens with zero attached hydrogens (tertiary/aromatic N) is 3. The van der Waals surface area contributed by atoms with Gasteiger partial charge in [0.05, 0.1) is 40.3 Å². The van der Waals surface area contributed by atoms with Gasteiger partial charge in [-0.15, -0.1) is 11.3 Å². The molecule has 0 unspecified atom stereocenters. The Morgan fingerprint density at radius 1 is 1.11 bits per heavy atom. The van der Waals surface area contributed by atoms with Crippen LogP contribution in [0, 0.1) is 6.92 Å². The van der Waals surface area contributed by atoms with Gasteiger partial charge in [0.1, 0.15) is 0 Å². The average Bonchev–Trinajstić information content (AvgIpc) is 3.35. The van der Waals surface area contributed by atoms with Crippen molar-refractivity contribution in [2.45, 2.75) is 13.5 Å². The number of rotatable bonds is 5. The van der Waals surface area contributed by atoms with Crippen LogP contribution in [0.15, 0.2) is 72.4 Å². The zero-order valence-electron chi connectivity index (χ0n) is 14.8. The second kappa shape index (κ2) is 7.55. The summed E-state index contributed by atoms with van der Waals surface area (Å²) in [5, 5.41) is 9.23. The van der Waals surface area contributed by atoms with E-state index in [9.17, 15) is 4.79 Å². The van der Waals surface area contributed by atoms with Gasteiger partial charge in [0.2, 0.25) is 0 Å². The van der Waals surface area contributed by atoms with E-state index in [-0.39, 0.29) is 5.91 Å². The number of carbonyl (C=O) groups excluding carboxylic acids is 1. The normalized spacial score (nSPS) is 10.7. The number of amides is 1. The predicted octanol–water partition coefficient (Wildman–Crippen LogP) is 4.62. The molecule has 0 bridgehead atoms. The summed E-state index contributed by atoms with van der Waals surface area (Å²) in [5.41, 5.74) is 3.97. The Morgan fingerprint density at radius 3 is 2.70 bits per heavy atom. The molecule has 0 spiro atoms. The van der Waals surface area contributed by atoms with Crippen LogP contribution in [0.5, 0.6) is 0 Å². The zero-order chi connectivity index (χ0) is 18.6. The number of hydrogen-bond donors (Lipinski definition) is 1. The molecule has 3 heterocycles. The number of pyridine rings is 1. The van der Waals surface area contributed by atoms with Crippen molar-refractivity contribution in [1.82, 2.24) is 14.8 Å². The molecule has 6 heteroatoms. The van der Waals surface area contributed by atoms with Crippen LogP contribution in [0.3, 0.4) is 0 Å². The number of aromatic nitrogens is 3. The minimum Gasteiger partial charge on any atom is -0.319 e. The maximum absolute atomic E-state index is 12.6. The van der Waals surface area contributed by atoms with Crippen LogP contribution < -0.4 is 5.32 Å². The number of thiophene rings is 1. The van der Waals surface area contributed by atoms with Crippen molar-refractivity contribution in [3.63, 3.8) is 0 Å². The van der Waals surface area contributed by atoms with Gasteiger partial charge in [-0.25, -0.2) is 0 Å². The maximum Gasteiger partial charge on any atom is 0.257 e. The zero-order valence-corrected chi connectivity index (χ0v) is 15.6. The highest BCUT2D eigenvalue weighted by molar-refractivity contribution is 7.13. The Labute approximate surface area is 161 Å². The Kier molecular flexibility index (Phi) is 4.80. The first kappa shape index (κ1) is 17.2. The van der Waals surface area contributed by atoms with E-state index < -0.39 is 0 Å². The fourth-order valence-electron chi connectivity index (χ4n) is 2.85. The highest BCUT2D eigenvalue weighted by Gasteiger charge is 2.13. The van der Waals surface area contributed by atoms with Crippen LogP contribution in [0.4, 0.5) is 5.69 Å². The predicted molar refractivity (Wildman–Crippen MR) is 108 cm³/mol. The largest absolute Gasteiger partial charge is 0.319 e. The minimum absolute atomic E-state index is 0.183. The van der Waals surface area contributed by atoms with Gasteiger partial charge in [-0.2, -0.15) is 5.10 Å². The molecule has 0 aliphatic carbocycles. The highest BCUT2D eigenvalue weighted by atomic mass is 32.1. The Morgan fingerprint density at radius 2 is 1.96 bits per heavy atom. The van der Waals surface area contributed by atoms with Crippen molar-refractivity contribution in [1.29, 1.82) is 0 Å². The van der Waals surface area contributed by atoms with Crippen LogP contribution in [0.2, 0.25) is 0 Å². The fraction of sp³-hybridized carbons (Fsp3) is 0.0952. The van der Waals surface area contributed by atoms with Crippen LogP contribution in [-0.2, 0) is 6.54 Å². The third-order valence-electron chi connectivity index (χ3n) is 4.18. The standard InChI is InChI=1S/C21H18N4OS/c1-15-18(9-10-19(23-15)20-8-5-11-27-20)21(26)24-17-12-22-25(14-17)13-16-6-3-2-4-7-16/h2-12,14H,13H2,1H3,(H,24,26). The molecule has 0 aliphatic rings. The van der Waals surface area contributed by atoms with E-state index in [1.54, 1.807) is 22.2 Å². The summed E-state index contributed by atoms with van der Waals surface area (Å²) in [6.45, 7) is 2.51. The number of nitrogens with one attached hydrogen (secondary N) is 1. The second-order valence-corrected chi connectivity index (χ2v) is 7.12. The van der Waals surface area contributed by atoms with Gasteiger partial charge >= 0.3 is 0 Å². The molecule has 0 atom stereocenters. The fourth-order valence-corrected chi connectivity index (χ4v) is 3.54. The summed E-state index contributed by atoms with van der Waals surface area (Å²) in [6.07, 6.45) is 3.48. The summed E-state index contributed by atoms with van der Waals surface area (Å²) < 4.78 is 1.80. The second-order valence-electron chi connectivity index (χ2n) is 6.17. The van der Waals surface area contributed by atoms with E-state index in [2.05, 4.69) is 15.4 Å². The molecule has 1 aromatic carbocycles. The molecule has 3 aromatic heterocycles. The van der Waals surface area contributed by atoms with Gasteiger partial charge in [0.15, 0.2) is 0 Å². The van der Waals surface area contributed by atoms with E-state index in [1.807, 2.05) is 73.1 Å². The number of benzene rings is 1. The van der Waals surface area contributed by atoms with Gasteiger partial charge in [-0.05, 0) is 36.1 Å². The van der Waals surface area contributed by atoms with Crippen molar-refractivity contribution < 1.29 is 4.79 Å². The summed E-state index contributed by atoms with van der Waals surface area (Å²) in [7, 11) is 0. The van der Waals surface area contributed by atoms with Crippen LogP contribution in [0.25, 0.3) is 10.6 Å². The third kappa shape index (κ3) is 3.96. The molecule has 0 fully saturated rings. The lowest BCUT2D eigenvalue weighted by atomic mass is 10.1. The molecule has 4 rings (SSSR count). The van der Waals surface area contributed by atoms with E-state index >= 15 is 0 Å². The Bertz CT molecular complexity index is 1060. The van der Waals surface area contributed by atoms with Crippen molar-refractivity contribution in [3.8, 4) is 10.6 Å². The Balaban J connectivity index is 1.46. The molecule has 0 radical (unpaired) electrons. The molecule has 27 heavy (non-hydrogen) atoms. The van der Waals surface area contributed by atoms with Crippen LogP contribution in [-0.4, -0.2) is 20.7 Å². The highest BCUT2D eigenvalue weighted by Crippen LogP contribution is 2.24. The van der Waals surface area contributed by atoms with Crippen molar-refractivity contribution in [2.24, 2.45) is 0 Å². The van der Waals surface area contributed by atoms with Crippen molar-refractivity contribution in [2.75, 3.05) is 5.32 Å². The minimum atomic E-state index is -0.183. The number of hydrogen-bond acceptors (Lipinski definition) is 4. The summed E-state index contributed by atoms with van der Waals surface area (Å²) in [4.78, 5) is 18.3. The van der Waals surface area contributed by atoms with Gasteiger partial charge < -0.3 is 5.32 Å². The summed E-state index contributed by atoms with van der Waals surface area (Å²) in [5.74, 6) is -0.183. The van der Waals surface area contributed by atoms with Crippen LogP contribution in [0.1, 0.15) is 21.6 Å². The monoisotopic (exact) mass is 374 g/mol.